The van der Waals surface area contributed by atoms with Gasteiger partial charge in [0.05, 0.1) is 13.2 Å². The Morgan fingerprint density at radius 3 is 3.00 bits per heavy atom. The SMILES string of the molecule is Brc1ccc2c(c1)OCCCC2NC1CCOC1. The molecule has 0 amide bonds. The minimum atomic E-state index is 0.391. The third-order valence-corrected chi connectivity index (χ3v) is 4.11. The lowest BCUT2D eigenvalue weighted by Crippen LogP contribution is -2.33. The molecule has 1 aromatic carbocycles. The van der Waals surface area contributed by atoms with Gasteiger partial charge in [-0.3, -0.25) is 0 Å². The smallest absolute Gasteiger partial charge is 0.125 e. The topological polar surface area (TPSA) is 30.5 Å². The zero-order valence-electron chi connectivity index (χ0n) is 10.3. The van der Waals surface area contributed by atoms with Crippen LogP contribution in [-0.4, -0.2) is 25.9 Å². The Bertz CT molecular complexity index is 418. The summed E-state index contributed by atoms with van der Waals surface area (Å²) >= 11 is 3.50. The van der Waals surface area contributed by atoms with Crippen LogP contribution in [0.25, 0.3) is 0 Å². The lowest BCUT2D eigenvalue weighted by atomic mass is 10.0. The second-order valence-corrected chi connectivity index (χ2v) is 5.87. The van der Waals surface area contributed by atoms with Crippen LogP contribution in [-0.2, 0) is 4.74 Å². The monoisotopic (exact) mass is 311 g/mol. The minimum Gasteiger partial charge on any atom is -0.493 e. The number of nitrogens with one attached hydrogen (secondary N) is 1. The van der Waals surface area contributed by atoms with Crippen LogP contribution in [0.1, 0.15) is 30.9 Å². The molecular formula is C14H18BrNO2. The molecule has 0 aromatic heterocycles. The number of rotatable bonds is 2. The van der Waals surface area contributed by atoms with Gasteiger partial charge < -0.3 is 14.8 Å². The maximum atomic E-state index is 5.82. The fourth-order valence-corrected chi connectivity index (χ4v) is 3.01. The van der Waals surface area contributed by atoms with Crippen LogP contribution in [0.4, 0.5) is 0 Å². The molecule has 3 rings (SSSR count). The van der Waals surface area contributed by atoms with Crippen molar-refractivity contribution in [2.24, 2.45) is 0 Å². The van der Waals surface area contributed by atoms with E-state index in [0.717, 1.165) is 49.3 Å². The van der Waals surface area contributed by atoms with Gasteiger partial charge in [0.25, 0.3) is 0 Å². The van der Waals surface area contributed by atoms with Crippen molar-refractivity contribution in [3.63, 3.8) is 0 Å². The summed E-state index contributed by atoms with van der Waals surface area (Å²) in [5.41, 5.74) is 1.28. The zero-order valence-corrected chi connectivity index (χ0v) is 11.9. The van der Waals surface area contributed by atoms with Gasteiger partial charge >= 0.3 is 0 Å². The maximum Gasteiger partial charge on any atom is 0.125 e. The highest BCUT2D eigenvalue weighted by Gasteiger charge is 2.24. The number of benzene rings is 1. The third-order valence-electron chi connectivity index (χ3n) is 3.61. The van der Waals surface area contributed by atoms with E-state index in [1.165, 1.54) is 5.56 Å². The number of hydrogen-bond acceptors (Lipinski definition) is 3. The molecule has 0 radical (unpaired) electrons. The van der Waals surface area contributed by atoms with Gasteiger partial charge in [0.15, 0.2) is 0 Å². The molecule has 1 aromatic rings. The molecule has 0 saturated carbocycles. The van der Waals surface area contributed by atoms with Crippen LogP contribution >= 0.6 is 15.9 Å². The van der Waals surface area contributed by atoms with Gasteiger partial charge in [0.2, 0.25) is 0 Å². The van der Waals surface area contributed by atoms with Crippen molar-refractivity contribution < 1.29 is 9.47 Å². The van der Waals surface area contributed by atoms with E-state index in [0.29, 0.717) is 12.1 Å². The van der Waals surface area contributed by atoms with Crippen molar-refractivity contribution in [3.8, 4) is 5.75 Å². The third kappa shape index (κ3) is 2.71. The molecule has 0 bridgehead atoms. The second-order valence-electron chi connectivity index (χ2n) is 4.95. The predicted molar refractivity (Wildman–Crippen MR) is 74.0 cm³/mol. The van der Waals surface area contributed by atoms with Crippen molar-refractivity contribution in [1.82, 2.24) is 5.32 Å². The van der Waals surface area contributed by atoms with Gasteiger partial charge in [-0.05, 0) is 31.4 Å². The summed E-state index contributed by atoms with van der Waals surface area (Å²) < 4.78 is 12.3. The summed E-state index contributed by atoms with van der Waals surface area (Å²) in [7, 11) is 0. The zero-order chi connectivity index (χ0) is 12.4. The van der Waals surface area contributed by atoms with E-state index in [1.807, 2.05) is 0 Å². The number of halogens is 1. The number of fused-ring (bicyclic) bond motifs is 1. The van der Waals surface area contributed by atoms with E-state index >= 15 is 0 Å². The average Bonchev–Trinajstić information content (AvgIpc) is 2.79. The first-order valence-electron chi connectivity index (χ1n) is 6.59. The minimum absolute atomic E-state index is 0.391. The molecule has 1 N–H and O–H groups in total. The van der Waals surface area contributed by atoms with Gasteiger partial charge in [-0.1, -0.05) is 22.0 Å². The predicted octanol–water partition coefficient (Wildman–Crippen LogP) is 3.04. The fraction of sp³-hybridized carbons (Fsp3) is 0.571. The number of ether oxygens (including phenoxy) is 2. The van der Waals surface area contributed by atoms with Crippen LogP contribution in [0.5, 0.6) is 5.75 Å². The molecule has 2 unspecified atom stereocenters. The standard InChI is InChI=1S/C14H18BrNO2/c15-10-3-4-12-13(16-11-5-7-17-9-11)2-1-6-18-14(12)8-10/h3-4,8,11,13,16H,1-2,5-7,9H2. The molecule has 0 aliphatic carbocycles. The molecule has 18 heavy (non-hydrogen) atoms. The van der Waals surface area contributed by atoms with E-state index in [4.69, 9.17) is 9.47 Å². The highest BCUT2D eigenvalue weighted by atomic mass is 79.9. The Morgan fingerprint density at radius 1 is 1.22 bits per heavy atom. The normalized spacial score (nSPS) is 27.4. The molecule has 2 heterocycles. The lowest BCUT2D eigenvalue weighted by molar-refractivity contribution is 0.187. The molecule has 2 aliphatic rings. The van der Waals surface area contributed by atoms with Crippen molar-refractivity contribution >= 4 is 15.9 Å². The maximum absolute atomic E-state index is 5.82. The number of hydrogen-bond donors (Lipinski definition) is 1. The molecule has 3 nitrogen and oxygen atoms in total. The molecule has 1 fully saturated rings. The van der Waals surface area contributed by atoms with Gasteiger partial charge in [0, 0.05) is 28.7 Å². The van der Waals surface area contributed by atoms with Gasteiger partial charge in [0.1, 0.15) is 5.75 Å². The summed E-state index contributed by atoms with van der Waals surface area (Å²) in [5, 5.41) is 3.71. The van der Waals surface area contributed by atoms with E-state index in [2.05, 4.69) is 39.4 Å². The molecule has 0 spiro atoms. The van der Waals surface area contributed by atoms with Crippen LogP contribution < -0.4 is 10.1 Å². The van der Waals surface area contributed by atoms with Crippen LogP contribution in [0, 0.1) is 0 Å². The van der Waals surface area contributed by atoms with Crippen LogP contribution in [0.2, 0.25) is 0 Å². The Kier molecular flexibility index (Phi) is 3.87. The Hall–Kier alpha value is -0.580. The van der Waals surface area contributed by atoms with E-state index in [9.17, 15) is 0 Å². The van der Waals surface area contributed by atoms with Gasteiger partial charge in [-0.25, -0.2) is 0 Å². The van der Waals surface area contributed by atoms with E-state index in [-0.39, 0.29) is 0 Å². The fourth-order valence-electron chi connectivity index (χ4n) is 2.67. The van der Waals surface area contributed by atoms with Gasteiger partial charge in [-0.15, -0.1) is 0 Å². The molecule has 2 atom stereocenters. The van der Waals surface area contributed by atoms with Crippen LogP contribution in [0.3, 0.4) is 0 Å². The molecule has 4 heteroatoms. The van der Waals surface area contributed by atoms with Crippen LogP contribution in [0.15, 0.2) is 22.7 Å². The molecule has 2 aliphatic heterocycles. The largest absolute Gasteiger partial charge is 0.493 e. The Labute approximate surface area is 116 Å². The highest BCUT2D eigenvalue weighted by molar-refractivity contribution is 9.10. The van der Waals surface area contributed by atoms with Crippen molar-refractivity contribution in [1.29, 1.82) is 0 Å². The summed E-state index contributed by atoms with van der Waals surface area (Å²) in [6.45, 7) is 2.53. The van der Waals surface area contributed by atoms with Crippen molar-refractivity contribution in [3.05, 3.63) is 28.2 Å². The summed E-state index contributed by atoms with van der Waals surface area (Å²) in [6, 6.07) is 7.21. The van der Waals surface area contributed by atoms with Gasteiger partial charge in [-0.2, -0.15) is 0 Å². The average molecular weight is 312 g/mol. The molecule has 1 saturated heterocycles. The Morgan fingerprint density at radius 2 is 2.17 bits per heavy atom. The van der Waals surface area contributed by atoms with Crippen molar-refractivity contribution in [2.45, 2.75) is 31.3 Å². The lowest BCUT2D eigenvalue weighted by Gasteiger charge is -2.22. The quantitative estimate of drug-likeness (QED) is 0.910. The summed E-state index contributed by atoms with van der Waals surface area (Å²) in [5.74, 6) is 1.01. The first-order valence-corrected chi connectivity index (χ1v) is 7.38. The highest BCUT2D eigenvalue weighted by Crippen LogP contribution is 2.34. The molecule has 98 valence electrons. The Balaban J connectivity index is 1.81. The van der Waals surface area contributed by atoms with Crippen molar-refractivity contribution in [2.75, 3.05) is 19.8 Å². The van der Waals surface area contributed by atoms with E-state index < -0.39 is 0 Å². The molecular weight excluding hydrogens is 294 g/mol. The summed E-state index contributed by atoms with van der Waals surface area (Å²) in [6.07, 6.45) is 3.34. The summed E-state index contributed by atoms with van der Waals surface area (Å²) in [4.78, 5) is 0. The van der Waals surface area contributed by atoms with E-state index in [1.54, 1.807) is 0 Å². The first-order chi connectivity index (χ1) is 8.83. The first kappa shape index (κ1) is 12.5. The second kappa shape index (κ2) is 5.59.